The zero-order valence-electron chi connectivity index (χ0n) is 11.2. The van der Waals surface area contributed by atoms with Crippen molar-refractivity contribution in [3.63, 3.8) is 0 Å². The fourth-order valence-corrected chi connectivity index (χ4v) is 3.13. The predicted octanol–water partition coefficient (Wildman–Crippen LogP) is 3.70. The lowest BCUT2D eigenvalue weighted by molar-refractivity contribution is 0.160. The van der Waals surface area contributed by atoms with Gasteiger partial charge in [0.15, 0.2) is 11.5 Å². The molecule has 108 valence electrons. The van der Waals surface area contributed by atoms with Crippen LogP contribution in [0.2, 0.25) is 0 Å². The first-order valence-corrected chi connectivity index (χ1v) is 7.61. The maximum absolute atomic E-state index is 6.29. The number of halogens is 1. The van der Waals surface area contributed by atoms with Gasteiger partial charge in [-0.2, -0.15) is 0 Å². The van der Waals surface area contributed by atoms with Gasteiger partial charge >= 0.3 is 0 Å². The largest absolute Gasteiger partial charge is 0.485 e. The SMILES string of the molecule is N[C@@H]1CC(c2ccc3c(c2)OCO3)Oc2cc(Br)ccc21. The topological polar surface area (TPSA) is 53.7 Å². The van der Waals surface area contributed by atoms with Crippen molar-refractivity contribution >= 4 is 15.9 Å². The molecule has 0 bridgehead atoms. The molecule has 5 heteroatoms. The van der Waals surface area contributed by atoms with Crippen LogP contribution in [0.15, 0.2) is 40.9 Å². The Labute approximate surface area is 130 Å². The van der Waals surface area contributed by atoms with Crippen molar-refractivity contribution in [1.29, 1.82) is 0 Å². The average molecular weight is 348 g/mol. The van der Waals surface area contributed by atoms with Crippen molar-refractivity contribution in [2.24, 2.45) is 5.73 Å². The molecule has 0 radical (unpaired) electrons. The van der Waals surface area contributed by atoms with Gasteiger partial charge in [-0.25, -0.2) is 0 Å². The van der Waals surface area contributed by atoms with Gasteiger partial charge in [-0.3, -0.25) is 0 Å². The van der Waals surface area contributed by atoms with E-state index in [1.54, 1.807) is 0 Å². The Morgan fingerprint density at radius 3 is 2.76 bits per heavy atom. The minimum atomic E-state index is -0.0729. The molecule has 0 fully saturated rings. The number of fused-ring (bicyclic) bond motifs is 2. The molecular weight excluding hydrogens is 334 g/mol. The molecule has 0 amide bonds. The Bertz CT molecular complexity index is 704. The third-order valence-electron chi connectivity index (χ3n) is 3.88. The Morgan fingerprint density at radius 1 is 1.00 bits per heavy atom. The zero-order chi connectivity index (χ0) is 14.4. The molecular formula is C16H14BrNO3. The van der Waals surface area contributed by atoms with E-state index in [-0.39, 0.29) is 18.9 Å². The third-order valence-corrected chi connectivity index (χ3v) is 4.37. The Morgan fingerprint density at radius 2 is 1.86 bits per heavy atom. The lowest BCUT2D eigenvalue weighted by Crippen LogP contribution is -2.24. The zero-order valence-corrected chi connectivity index (χ0v) is 12.8. The highest BCUT2D eigenvalue weighted by atomic mass is 79.9. The van der Waals surface area contributed by atoms with Crippen molar-refractivity contribution in [3.05, 3.63) is 52.0 Å². The molecule has 0 saturated heterocycles. The molecule has 2 atom stereocenters. The summed E-state index contributed by atoms with van der Waals surface area (Å²) in [6, 6.07) is 11.8. The van der Waals surface area contributed by atoms with Gasteiger partial charge in [0.2, 0.25) is 6.79 Å². The van der Waals surface area contributed by atoms with Crippen LogP contribution < -0.4 is 19.9 Å². The quantitative estimate of drug-likeness (QED) is 0.854. The molecule has 0 spiro atoms. The maximum Gasteiger partial charge on any atom is 0.231 e. The molecule has 2 heterocycles. The van der Waals surface area contributed by atoms with Gasteiger partial charge in [0, 0.05) is 22.5 Å². The minimum absolute atomic E-state index is 0.0303. The summed E-state index contributed by atoms with van der Waals surface area (Å²) in [5.74, 6) is 2.39. The minimum Gasteiger partial charge on any atom is -0.485 e. The van der Waals surface area contributed by atoms with Gasteiger partial charge in [0.1, 0.15) is 11.9 Å². The second-order valence-electron chi connectivity index (χ2n) is 5.24. The molecule has 0 aromatic heterocycles. The second-order valence-corrected chi connectivity index (χ2v) is 6.16. The first kappa shape index (κ1) is 13.0. The highest BCUT2D eigenvalue weighted by molar-refractivity contribution is 9.10. The van der Waals surface area contributed by atoms with Crippen molar-refractivity contribution in [3.8, 4) is 17.2 Å². The van der Waals surface area contributed by atoms with Crippen LogP contribution in [0, 0.1) is 0 Å². The molecule has 2 aliphatic heterocycles. The summed E-state index contributed by atoms with van der Waals surface area (Å²) >= 11 is 3.47. The van der Waals surface area contributed by atoms with E-state index in [0.717, 1.165) is 39.3 Å². The van der Waals surface area contributed by atoms with E-state index in [1.807, 2.05) is 36.4 Å². The molecule has 21 heavy (non-hydrogen) atoms. The number of nitrogens with two attached hydrogens (primary N) is 1. The van der Waals surface area contributed by atoms with Crippen LogP contribution in [0.5, 0.6) is 17.2 Å². The highest BCUT2D eigenvalue weighted by Crippen LogP contribution is 2.43. The summed E-state index contributed by atoms with van der Waals surface area (Å²) < 4.78 is 17.9. The van der Waals surface area contributed by atoms with Gasteiger partial charge in [0.05, 0.1) is 0 Å². The molecule has 2 aromatic rings. The molecule has 4 nitrogen and oxygen atoms in total. The standard InChI is InChI=1S/C16H14BrNO3/c17-10-2-3-11-12(18)7-14(21-15(11)6-10)9-1-4-13-16(5-9)20-8-19-13/h1-6,12,14H,7-8,18H2/t12-,14?/m1/s1. The van der Waals surface area contributed by atoms with E-state index in [4.69, 9.17) is 19.9 Å². The summed E-state index contributed by atoms with van der Waals surface area (Å²) in [5, 5.41) is 0. The van der Waals surface area contributed by atoms with E-state index in [2.05, 4.69) is 15.9 Å². The normalized spacial score (nSPS) is 22.6. The molecule has 2 aromatic carbocycles. The van der Waals surface area contributed by atoms with Gasteiger partial charge in [-0.1, -0.05) is 28.1 Å². The number of hydrogen-bond donors (Lipinski definition) is 1. The van der Waals surface area contributed by atoms with Crippen molar-refractivity contribution in [2.75, 3.05) is 6.79 Å². The maximum atomic E-state index is 6.29. The molecule has 0 aliphatic carbocycles. The van der Waals surface area contributed by atoms with E-state index >= 15 is 0 Å². The first-order chi connectivity index (χ1) is 10.2. The van der Waals surface area contributed by atoms with Crippen molar-refractivity contribution < 1.29 is 14.2 Å². The molecule has 0 saturated carbocycles. The van der Waals surface area contributed by atoms with Crippen LogP contribution in [-0.2, 0) is 0 Å². The number of benzene rings is 2. The Hall–Kier alpha value is -1.72. The van der Waals surface area contributed by atoms with E-state index < -0.39 is 0 Å². The van der Waals surface area contributed by atoms with Crippen LogP contribution in [0.3, 0.4) is 0 Å². The summed E-state index contributed by atoms with van der Waals surface area (Å²) in [4.78, 5) is 0. The highest BCUT2D eigenvalue weighted by Gasteiger charge is 2.28. The van der Waals surface area contributed by atoms with Gasteiger partial charge in [0.25, 0.3) is 0 Å². The lowest BCUT2D eigenvalue weighted by Gasteiger charge is -2.30. The first-order valence-electron chi connectivity index (χ1n) is 6.82. The van der Waals surface area contributed by atoms with Crippen LogP contribution in [0.25, 0.3) is 0 Å². The summed E-state index contributed by atoms with van der Waals surface area (Å²) in [7, 11) is 0. The summed E-state index contributed by atoms with van der Waals surface area (Å²) in [6.07, 6.45) is 0.671. The van der Waals surface area contributed by atoms with Crippen LogP contribution in [0.4, 0.5) is 0 Å². The number of ether oxygens (including phenoxy) is 3. The molecule has 2 N–H and O–H groups in total. The van der Waals surface area contributed by atoms with E-state index in [1.165, 1.54) is 0 Å². The fraction of sp³-hybridized carbons (Fsp3) is 0.250. The predicted molar refractivity (Wildman–Crippen MR) is 81.6 cm³/mol. The van der Waals surface area contributed by atoms with Crippen molar-refractivity contribution in [1.82, 2.24) is 0 Å². The summed E-state index contributed by atoms with van der Waals surface area (Å²) in [6.45, 7) is 0.277. The van der Waals surface area contributed by atoms with E-state index in [9.17, 15) is 0 Å². The van der Waals surface area contributed by atoms with Crippen LogP contribution in [-0.4, -0.2) is 6.79 Å². The fourth-order valence-electron chi connectivity index (χ4n) is 2.79. The molecule has 1 unspecified atom stereocenters. The van der Waals surface area contributed by atoms with Gasteiger partial charge in [-0.05, 0) is 29.8 Å². The smallest absolute Gasteiger partial charge is 0.231 e. The number of hydrogen-bond acceptors (Lipinski definition) is 4. The molecule has 4 rings (SSSR count). The molecule has 2 aliphatic rings. The van der Waals surface area contributed by atoms with Crippen LogP contribution in [0.1, 0.15) is 29.7 Å². The van der Waals surface area contributed by atoms with Gasteiger partial charge < -0.3 is 19.9 Å². The Balaban J connectivity index is 1.68. The van der Waals surface area contributed by atoms with Gasteiger partial charge in [-0.15, -0.1) is 0 Å². The number of rotatable bonds is 1. The monoisotopic (exact) mass is 347 g/mol. The average Bonchev–Trinajstić information content (AvgIpc) is 2.94. The van der Waals surface area contributed by atoms with Crippen LogP contribution >= 0.6 is 15.9 Å². The summed E-state index contributed by atoms with van der Waals surface area (Å²) in [5.41, 5.74) is 8.39. The second kappa shape index (κ2) is 4.93. The lowest BCUT2D eigenvalue weighted by atomic mass is 9.93. The Kier molecular flexibility index (Phi) is 3.05. The van der Waals surface area contributed by atoms with Crippen molar-refractivity contribution in [2.45, 2.75) is 18.6 Å². The van der Waals surface area contributed by atoms with E-state index in [0.29, 0.717) is 0 Å². The third kappa shape index (κ3) is 2.26.